The Labute approximate surface area is 123 Å². The van der Waals surface area contributed by atoms with Crippen LogP contribution in [0.15, 0.2) is 16.7 Å². The Bertz CT molecular complexity index is 456. The van der Waals surface area contributed by atoms with Crippen molar-refractivity contribution < 1.29 is 4.79 Å². The standard InChI is InChI=1S/C14H22BrN3O/c1-10(2)18-9-11(15)7-13(18)14(19)17-6-4-3-5-12(17)8-16/h7,9-10,12H,3-6,8,16H2,1-2H3. The van der Waals surface area contributed by atoms with Crippen molar-refractivity contribution in [2.75, 3.05) is 13.1 Å². The highest BCUT2D eigenvalue weighted by Crippen LogP contribution is 2.24. The first-order valence-electron chi connectivity index (χ1n) is 6.93. The van der Waals surface area contributed by atoms with E-state index in [1.165, 1.54) is 6.42 Å². The number of carbonyl (C=O) groups is 1. The highest BCUT2D eigenvalue weighted by molar-refractivity contribution is 9.10. The van der Waals surface area contributed by atoms with Crippen LogP contribution in [-0.2, 0) is 0 Å². The number of hydrogen-bond acceptors (Lipinski definition) is 2. The molecule has 1 aliphatic rings. The van der Waals surface area contributed by atoms with E-state index < -0.39 is 0 Å². The summed E-state index contributed by atoms with van der Waals surface area (Å²) in [6, 6.07) is 2.37. The Kier molecular flexibility index (Phi) is 4.68. The second-order valence-corrected chi connectivity index (χ2v) is 6.34. The van der Waals surface area contributed by atoms with Crippen LogP contribution in [0.5, 0.6) is 0 Å². The molecule has 1 unspecified atom stereocenters. The van der Waals surface area contributed by atoms with Gasteiger partial charge in [0, 0.05) is 35.8 Å². The van der Waals surface area contributed by atoms with Crippen molar-refractivity contribution in [3.63, 3.8) is 0 Å². The molecule has 0 aromatic carbocycles. The minimum Gasteiger partial charge on any atom is -0.340 e. The van der Waals surface area contributed by atoms with Crippen molar-refractivity contribution in [1.29, 1.82) is 0 Å². The molecule has 1 fully saturated rings. The van der Waals surface area contributed by atoms with Gasteiger partial charge in [-0.2, -0.15) is 0 Å². The van der Waals surface area contributed by atoms with Crippen LogP contribution >= 0.6 is 15.9 Å². The SMILES string of the molecule is CC(C)n1cc(Br)cc1C(=O)N1CCCCC1CN. The van der Waals surface area contributed by atoms with Crippen molar-refractivity contribution in [3.05, 3.63) is 22.4 Å². The van der Waals surface area contributed by atoms with Gasteiger partial charge in [-0.25, -0.2) is 0 Å². The number of hydrogen-bond donors (Lipinski definition) is 1. The molecule has 1 aliphatic heterocycles. The van der Waals surface area contributed by atoms with Crippen molar-refractivity contribution in [2.45, 2.75) is 45.2 Å². The second kappa shape index (κ2) is 6.09. The topological polar surface area (TPSA) is 51.3 Å². The van der Waals surface area contributed by atoms with Gasteiger partial charge in [-0.3, -0.25) is 4.79 Å². The summed E-state index contributed by atoms with van der Waals surface area (Å²) < 4.78 is 2.97. The third-order valence-corrected chi connectivity index (χ3v) is 4.18. The smallest absolute Gasteiger partial charge is 0.270 e. The van der Waals surface area contributed by atoms with E-state index in [0.717, 1.165) is 29.6 Å². The Morgan fingerprint density at radius 1 is 1.53 bits per heavy atom. The lowest BCUT2D eigenvalue weighted by atomic mass is 10.0. The average Bonchev–Trinajstić information content (AvgIpc) is 2.80. The van der Waals surface area contributed by atoms with Crippen molar-refractivity contribution in [3.8, 4) is 0 Å². The maximum atomic E-state index is 12.7. The number of piperidine rings is 1. The zero-order valence-corrected chi connectivity index (χ0v) is 13.2. The van der Waals surface area contributed by atoms with Gasteiger partial charge >= 0.3 is 0 Å². The quantitative estimate of drug-likeness (QED) is 0.928. The van der Waals surface area contributed by atoms with E-state index >= 15 is 0 Å². The molecule has 1 saturated heterocycles. The summed E-state index contributed by atoms with van der Waals surface area (Å²) in [5.41, 5.74) is 6.55. The lowest BCUT2D eigenvalue weighted by molar-refractivity contribution is 0.0610. The van der Waals surface area contributed by atoms with E-state index in [4.69, 9.17) is 5.73 Å². The second-order valence-electron chi connectivity index (χ2n) is 5.43. The molecule has 0 saturated carbocycles. The molecule has 0 spiro atoms. The summed E-state index contributed by atoms with van der Waals surface area (Å²) >= 11 is 3.46. The van der Waals surface area contributed by atoms with E-state index in [2.05, 4.69) is 29.8 Å². The number of amides is 1. The largest absolute Gasteiger partial charge is 0.340 e. The van der Waals surface area contributed by atoms with Crippen LogP contribution < -0.4 is 5.73 Å². The molecule has 0 aliphatic carbocycles. The van der Waals surface area contributed by atoms with Crippen LogP contribution in [0.25, 0.3) is 0 Å². The fourth-order valence-electron chi connectivity index (χ4n) is 2.70. The highest BCUT2D eigenvalue weighted by atomic mass is 79.9. The maximum absolute atomic E-state index is 12.7. The number of likely N-dealkylation sites (tertiary alicyclic amines) is 1. The van der Waals surface area contributed by atoms with E-state index in [-0.39, 0.29) is 18.0 Å². The van der Waals surface area contributed by atoms with Gasteiger partial charge in [0.15, 0.2) is 0 Å². The van der Waals surface area contributed by atoms with Crippen LogP contribution in [0.3, 0.4) is 0 Å². The molecule has 2 rings (SSSR count). The summed E-state index contributed by atoms with van der Waals surface area (Å²) in [7, 11) is 0. The fraction of sp³-hybridized carbons (Fsp3) is 0.643. The predicted molar refractivity (Wildman–Crippen MR) is 80.2 cm³/mol. The molecule has 2 N–H and O–H groups in total. The third kappa shape index (κ3) is 3.03. The van der Waals surface area contributed by atoms with Crippen molar-refractivity contribution >= 4 is 21.8 Å². The lowest BCUT2D eigenvalue weighted by Gasteiger charge is -2.35. The van der Waals surface area contributed by atoms with E-state index in [1.807, 2.05) is 21.7 Å². The van der Waals surface area contributed by atoms with Gasteiger partial charge in [-0.15, -0.1) is 0 Å². The molecule has 2 heterocycles. The van der Waals surface area contributed by atoms with Crippen LogP contribution in [0.2, 0.25) is 0 Å². The van der Waals surface area contributed by atoms with Gasteiger partial charge in [0.2, 0.25) is 0 Å². The van der Waals surface area contributed by atoms with E-state index in [0.29, 0.717) is 6.54 Å². The zero-order valence-electron chi connectivity index (χ0n) is 11.6. The number of nitrogens with two attached hydrogens (primary N) is 1. The maximum Gasteiger partial charge on any atom is 0.270 e. The van der Waals surface area contributed by atoms with Crippen molar-refractivity contribution in [1.82, 2.24) is 9.47 Å². The highest BCUT2D eigenvalue weighted by Gasteiger charge is 2.28. The Morgan fingerprint density at radius 2 is 2.26 bits per heavy atom. The number of rotatable bonds is 3. The van der Waals surface area contributed by atoms with Gasteiger partial charge in [-0.1, -0.05) is 0 Å². The van der Waals surface area contributed by atoms with Crippen LogP contribution in [0, 0.1) is 0 Å². The molecule has 1 atom stereocenters. The average molecular weight is 328 g/mol. The first-order chi connectivity index (χ1) is 9.04. The molecule has 0 bridgehead atoms. The van der Waals surface area contributed by atoms with Gasteiger partial charge < -0.3 is 15.2 Å². The monoisotopic (exact) mass is 327 g/mol. The molecule has 4 nitrogen and oxygen atoms in total. The summed E-state index contributed by atoms with van der Waals surface area (Å²) in [6.07, 6.45) is 5.23. The molecule has 1 aromatic rings. The Hall–Kier alpha value is -0.810. The minimum atomic E-state index is 0.106. The van der Waals surface area contributed by atoms with Gasteiger partial charge in [0.05, 0.1) is 0 Å². The minimum absolute atomic E-state index is 0.106. The van der Waals surface area contributed by atoms with Crippen LogP contribution in [0.4, 0.5) is 0 Å². The van der Waals surface area contributed by atoms with Gasteiger partial charge in [0.1, 0.15) is 5.69 Å². The zero-order chi connectivity index (χ0) is 14.0. The molecular weight excluding hydrogens is 306 g/mol. The molecular formula is C14H22BrN3O. The lowest BCUT2D eigenvalue weighted by Crippen LogP contribution is -2.47. The number of aromatic nitrogens is 1. The van der Waals surface area contributed by atoms with E-state index in [1.54, 1.807) is 0 Å². The van der Waals surface area contributed by atoms with Gasteiger partial charge in [-0.05, 0) is 55.1 Å². The molecule has 0 radical (unpaired) electrons. The summed E-state index contributed by atoms with van der Waals surface area (Å²) in [6.45, 7) is 5.54. The molecule has 1 aromatic heterocycles. The Balaban J connectivity index is 2.27. The number of nitrogens with zero attached hydrogens (tertiary/aromatic N) is 2. The number of carbonyl (C=O) groups excluding carboxylic acids is 1. The van der Waals surface area contributed by atoms with E-state index in [9.17, 15) is 4.79 Å². The number of halogens is 1. The molecule has 1 amide bonds. The van der Waals surface area contributed by atoms with Crippen LogP contribution in [-0.4, -0.2) is 34.5 Å². The first kappa shape index (κ1) is 14.6. The first-order valence-corrected chi connectivity index (χ1v) is 7.72. The fourth-order valence-corrected chi connectivity index (χ4v) is 3.14. The summed E-state index contributed by atoms with van der Waals surface area (Å²) in [5.74, 6) is 0.106. The van der Waals surface area contributed by atoms with Gasteiger partial charge in [0.25, 0.3) is 5.91 Å². The molecule has 106 valence electrons. The molecule has 19 heavy (non-hydrogen) atoms. The predicted octanol–water partition coefficient (Wildman–Crippen LogP) is 2.78. The van der Waals surface area contributed by atoms with Crippen molar-refractivity contribution in [2.24, 2.45) is 5.73 Å². The van der Waals surface area contributed by atoms with Crippen LogP contribution in [0.1, 0.15) is 49.6 Å². The summed E-state index contributed by atoms with van der Waals surface area (Å²) in [4.78, 5) is 14.7. The summed E-state index contributed by atoms with van der Waals surface area (Å²) in [5, 5.41) is 0. The molecule has 5 heteroatoms. The normalized spacial score (nSPS) is 20.1. The third-order valence-electron chi connectivity index (χ3n) is 3.75. The Morgan fingerprint density at radius 3 is 2.89 bits per heavy atom.